The number of aromatic hydroxyl groups is 1. The maximum absolute atomic E-state index is 13.1. The van der Waals surface area contributed by atoms with Gasteiger partial charge in [-0.3, -0.25) is 14.6 Å². The molecule has 0 bridgehead atoms. The van der Waals surface area contributed by atoms with Gasteiger partial charge in [0.05, 0.1) is 11.6 Å². The summed E-state index contributed by atoms with van der Waals surface area (Å²) in [6.45, 7) is 9.87. The number of hydrogen-bond donors (Lipinski definition) is 1. The van der Waals surface area contributed by atoms with Crippen molar-refractivity contribution < 1.29 is 19.4 Å². The molecular weight excluding hydrogens is 444 g/mol. The number of phenolic OH excluding ortho intramolecular Hbond substituents is 1. The van der Waals surface area contributed by atoms with Gasteiger partial charge in [-0.15, -0.1) is 0 Å². The summed E-state index contributed by atoms with van der Waals surface area (Å²) in [7, 11) is 0. The molecule has 8 heteroatoms. The van der Waals surface area contributed by atoms with Gasteiger partial charge in [0.15, 0.2) is 0 Å². The van der Waals surface area contributed by atoms with Crippen molar-refractivity contribution in [3.8, 4) is 11.8 Å². The van der Waals surface area contributed by atoms with Crippen molar-refractivity contribution in [2.45, 2.75) is 83.4 Å². The second-order valence-electron chi connectivity index (χ2n) is 10.6. The Morgan fingerprint density at radius 3 is 2.26 bits per heavy atom. The number of benzene rings is 1. The first-order chi connectivity index (χ1) is 16.7. The number of phenols is 1. The SMILES string of the molecule is CC(C)(C)OC(=O)N1CCC[C@@H]1C(=O)N1CCCN(C2CCCC2)CC1.N#Cc1ccc(O)cc1. The van der Waals surface area contributed by atoms with E-state index in [9.17, 15) is 9.59 Å². The number of ether oxygens (including phenoxy) is 1. The van der Waals surface area contributed by atoms with Crippen LogP contribution in [0.25, 0.3) is 0 Å². The van der Waals surface area contributed by atoms with Gasteiger partial charge in [-0.2, -0.15) is 5.26 Å². The van der Waals surface area contributed by atoms with Gasteiger partial charge in [0, 0.05) is 38.8 Å². The Bertz CT molecular complexity index is 884. The molecule has 2 aliphatic heterocycles. The van der Waals surface area contributed by atoms with Crippen molar-refractivity contribution in [2.75, 3.05) is 32.7 Å². The van der Waals surface area contributed by atoms with Gasteiger partial charge in [-0.1, -0.05) is 12.8 Å². The summed E-state index contributed by atoms with van der Waals surface area (Å²) in [5.74, 6) is 0.302. The van der Waals surface area contributed by atoms with Gasteiger partial charge in [0.25, 0.3) is 0 Å². The molecule has 2 saturated heterocycles. The molecule has 3 aliphatic rings. The number of carbonyl (C=O) groups excluding carboxylic acids is 2. The third-order valence-electron chi connectivity index (χ3n) is 6.85. The lowest BCUT2D eigenvalue weighted by Gasteiger charge is -2.31. The molecule has 0 unspecified atom stereocenters. The molecule has 35 heavy (non-hydrogen) atoms. The Hall–Kier alpha value is -2.79. The second kappa shape index (κ2) is 12.3. The highest BCUT2D eigenvalue weighted by atomic mass is 16.6. The first kappa shape index (κ1) is 26.8. The predicted molar refractivity (Wildman–Crippen MR) is 134 cm³/mol. The molecule has 1 saturated carbocycles. The number of amides is 2. The standard InChI is InChI=1S/C20H35N3O3.C7H5NO/c1-20(2,3)26-19(25)23-13-6-10-17(23)18(24)22-12-7-11-21(14-15-22)16-8-4-5-9-16;8-5-6-1-3-7(9)4-2-6/h16-17H,4-15H2,1-3H3;1-4,9H/t17-;/m1./s1. The second-order valence-corrected chi connectivity index (χ2v) is 10.6. The van der Waals surface area contributed by atoms with Crippen molar-refractivity contribution in [3.63, 3.8) is 0 Å². The van der Waals surface area contributed by atoms with E-state index >= 15 is 0 Å². The van der Waals surface area contributed by atoms with E-state index in [0.717, 1.165) is 51.5 Å². The zero-order valence-corrected chi connectivity index (χ0v) is 21.4. The van der Waals surface area contributed by atoms with Crippen LogP contribution in [0.4, 0.5) is 4.79 Å². The Morgan fingerprint density at radius 2 is 1.63 bits per heavy atom. The van der Waals surface area contributed by atoms with Crippen molar-refractivity contribution in [1.29, 1.82) is 5.26 Å². The van der Waals surface area contributed by atoms with Crippen molar-refractivity contribution >= 4 is 12.0 Å². The molecule has 0 spiro atoms. The largest absolute Gasteiger partial charge is 0.508 e. The van der Waals surface area contributed by atoms with Gasteiger partial charge < -0.3 is 14.7 Å². The minimum Gasteiger partial charge on any atom is -0.508 e. The molecule has 3 fully saturated rings. The maximum atomic E-state index is 13.1. The number of carbonyl (C=O) groups is 2. The van der Waals surface area contributed by atoms with Crippen LogP contribution in [0.1, 0.15) is 71.3 Å². The fourth-order valence-corrected chi connectivity index (χ4v) is 5.10. The Balaban J connectivity index is 0.000000320. The summed E-state index contributed by atoms with van der Waals surface area (Å²) >= 11 is 0. The third-order valence-corrected chi connectivity index (χ3v) is 6.85. The Labute approximate surface area is 209 Å². The first-order valence-corrected chi connectivity index (χ1v) is 12.9. The zero-order chi connectivity index (χ0) is 25.4. The lowest BCUT2D eigenvalue weighted by atomic mass is 10.2. The summed E-state index contributed by atoms with van der Waals surface area (Å²) in [4.78, 5) is 31.8. The minimum absolute atomic E-state index is 0.113. The van der Waals surface area contributed by atoms with Gasteiger partial charge in [-0.05, 0) is 77.1 Å². The quantitative estimate of drug-likeness (QED) is 0.678. The van der Waals surface area contributed by atoms with Crippen LogP contribution in [-0.2, 0) is 9.53 Å². The van der Waals surface area contributed by atoms with Crippen LogP contribution in [0, 0.1) is 11.3 Å². The third kappa shape index (κ3) is 7.86. The van der Waals surface area contributed by atoms with E-state index in [4.69, 9.17) is 15.1 Å². The van der Waals surface area contributed by atoms with Gasteiger partial charge >= 0.3 is 6.09 Å². The van der Waals surface area contributed by atoms with Gasteiger partial charge in [0.1, 0.15) is 17.4 Å². The van der Waals surface area contributed by atoms with E-state index in [1.807, 2.05) is 31.7 Å². The van der Waals surface area contributed by atoms with Crippen molar-refractivity contribution in [3.05, 3.63) is 29.8 Å². The fraction of sp³-hybridized carbons (Fsp3) is 0.667. The lowest BCUT2D eigenvalue weighted by Crippen LogP contribution is -2.50. The van der Waals surface area contributed by atoms with Crippen molar-refractivity contribution in [2.24, 2.45) is 0 Å². The smallest absolute Gasteiger partial charge is 0.410 e. The summed E-state index contributed by atoms with van der Waals surface area (Å²) in [6, 6.07) is 8.41. The van der Waals surface area contributed by atoms with Crippen LogP contribution >= 0.6 is 0 Å². The predicted octanol–water partition coefficient (Wildman–Crippen LogP) is 4.13. The van der Waals surface area contributed by atoms with Crippen molar-refractivity contribution in [1.82, 2.24) is 14.7 Å². The topological polar surface area (TPSA) is 97.1 Å². The number of nitriles is 1. The fourth-order valence-electron chi connectivity index (χ4n) is 5.10. The molecule has 0 radical (unpaired) electrons. The van der Waals surface area contributed by atoms with Crippen LogP contribution in [0.15, 0.2) is 24.3 Å². The molecule has 2 heterocycles. The van der Waals surface area contributed by atoms with E-state index in [-0.39, 0.29) is 23.8 Å². The van der Waals surface area contributed by atoms with Crippen LogP contribution in [0.2, 0.25) is 0 Å². The molecule has 1 aliphatic carbocycles. The molecule has 1 atom stereocenters. The highest BCUT2D eigenvalue weighted by Gasteiger charge is 2.39. The average molecular weight is 485 g/mol. The lowest BCUT2D eigenvalue weighted by molar-refractivity contribution is -0.135. The summed E-state index contributed by atoms with van der Waals surface area (Å²) < 4.78 is 5.51. The molecule has 1 N–H and O–H groups in total. The van der Waals surface area contributed by atoms with E-state index in [1.165, 1.54) is 37.8 Å². The van der Waals surface area contributed by atoms with E-state index in [1.54, 1.807) is 17.0 Å². The summed E-state index contributed by atoms with van der Waals surface area (Å²) in [6.07, 6.45) is 7.61. The summed E-state index contributed by atoms with van der Waals surface area (Å²) in [5, 5.41) is 17.0. The molecule has 8 nitrogen and oxygen atoms in total. The minimum atomic E-state index is -0.530. The zero-order valence-electron chi connectivity index (χ0n) is 21.4. The number of likely N-dealkylation sites (tertiary alicyclic amines) is 1. The van der Waals surface area contributed by atoms with Crippen LogP contribution in [0.5, 0.6) is 5.75 Å². The highest BCUT2D eigenvalue weighted by Crippen LogP contribution is 2.26. The van der Waals surface area contributed by atoms with Crippen LogP contribution in [-0.4, -0.2) is 82.2 Å². The molecule has 2 amide bonds. The summed E-state index contributed by atoms with van der Waals surface area (Å²) in [5.41, 5.74) is 0.0327. The van der Waals surface area contributed by atoms with E-state index in [0.29, 0.717) is 12.1 Å². The molecular formula is C27H40N4O4. The molecule has 1 aromatic rings. The van der Waals surface area contributed by atoms with Crippen LogP contribution < -0.4 is 0 Å². The maximum Gasteiger partial charge on any atom is 0.410 e. The molecule has 0 aromatic heterocycles. The number of rotatable bonds is 2. The van der Waals surface area contributed by atoms with Crippen LogP contribution in [0.3, 0.4) is 0 Å². The average Bonchev–Trinajstić information content (AvgIpc) is 3.47. The van der Waals surface area contributed by atoms with Gasteiger partial charge in [-0.25, -0.2) is 4.79 Å². The number of hydrogen-bond acceptors (Lipinski definition) is 6. The van der Waals surface area contributed by atoms with Gasteiger partial charge in [0.2, 0.25) is 5.91 Å². The first-order valence-electron chi connectivity index (χ1n) is 12.9. The molecule has 1 aromatic carbocycles. The number of nitrogens with zero attached hydrogens (tertiary/aromatic N) is 4. The van der Waals surface area contributed by atoms with E-state index < -0.39 is 5.60 Å². The molecule has 4 rings (SSSR count). The highest BCUT2D eigenvalue weighted by molar-refractivity contribution is 5.86. The monoisotopic (exact) mass is 484 g/mol. The molecule has 192 valence electrons. The van der Waals surface area contributed by atoms with E-state index in [2.05, 4.69) is 4.90 Å². The Kier molecular flexibility index (Phi) is 9.39. The normalized spacial score (nSPS) is 21.6. The Morgan fingerprint density at radius 1 is 0.943 bits per heavy atom.